The third kappa shape index (κ3) is 5.20. The van der Waals surface area contributed by atoms with Crippen LogP contribution in [-0.4, -0.2) is 54.0 Å². The Morgan fingerprint density at radius 2 is 1.80 bits per heavy atom. The lowest BCUT2D eigenvalue weighted by molar-refractivity contribution is -0.121. The fourth-order valence-corrected chi connectivity index (χ4v) is 4.71. The molecule has 180 valence electrons. The summed E-state index contributed by atoms with van der Waals surface area (Å²) in [5.74, 6) is 0.682. The average Bonchev–Trinajstić information content (AvgIpc) is 3.26. The maximum absolute atomic E-state index is 13.5. The predicted octanol–water partition coefficient (Wildman–Crippen LogP) is 4.37. The summed E-state index contributed by atoms with van der Waals surface area (Å²) in [7, 11) is 2.13. The lowest BCUT2D eigenvalue weighted by Gasteiger charge is -2.34. The van der Waals surface area contributed by atoms with Crippen LogP contribution in [0, 0.1) is 5.82 Å². The first-order valence-electron chi connectivity index (χ1n) is 12.1. The van der Waals surface area contributed by atoms with Gasteiger partial charge in [-0.05, 0) is 61.0 Å². The van der Waals surface area contributed by atoms with Gasteiger partial charge in [-0.3, -0.25) is 4.79 Å². The summed E-state index contributed by atoms with van der Waals surface area (Å²) >= 11 is 0. The third-order valence-corrected chi connectivity index (χ3v) is 6.69. The van der Waals surface area contributed by atoms with E-state index in [4.69, 9.17) is 0 Å². The number of carbonyl (C=O) groups is 1. The Morgan fingerprint density at radius 3 is 2.60 bits per heavy atom. The summed E-state index contributed by atoms with van der Waals surface area (Å²) in [5, 5.41) is 4.18. The topological polar surface area (TPSA) is 64.3 Å². The van der Waals surface area contributed by atoms with Gasteiger partial charge in [0.15, 0.2) is 0 Å². The molecule has 0 atom stereocenters. The molecule has 0 radical (unpaired) electrons. The van der Waals surface area contributed by atoms with Crippen LogP contribution in [0.5, 0.6) is 0 Å². The van der Waals surface area contributed by atoms with Crippen LogP contribution in [0.1, 0.15) is 17.5 Å². The van der Waals surface area contributed by atoms with Crippen molar-refractivity contribution in [2.24, 2.45) is 0 Å². The molecule has 4 aromatic rings. The van der Waals surface area contributed by atoms with Crippen LogP contribution < -0.4 is 10.2 Å². The van der Waals surface area contributed by atoms with Crippen molar-refractivity contribution in [2.45, 2.75) is 19.4 Å². The highest BCUT2D eigenvalue weighted by Crippen LogP contribution is 2.31. The van der Waals surface area contributed by atoms with Gasteiger partial charge in [-0.15, -0.1) is 0 Å². The first kappa shape index (κ1) is 23.1. The highest BCUT2D eigenvalue weighted by Gasteiger charge is 2.19. The maximum atomic E-state index is 13.5. The number of pyridine rings is 1. The Balaban J connectivity index is 1.28. The first-order chi connectivity index (χ1) is 17.1. The van der Waals surface area contributed by atoms with Crippen molar-refractivity contribution >= 4 is 22.6 Å². The standard InChI is InChI=1S/C28H30FN5O/c1-33-15-17-34(18-16-33)28-21(5-4-14-30-28)19-31-26(35)13-12-24-23-6-2-3-7-25(23)32-27(24)20-8-10-22(29)11-9-20/h2-11,14,32H,12-13,15-19H2,1H3,(H,31,35). The lowest BCUT2D eigenvalue weighted by atomic mass is 10.0. The fourth-order valence-electron chi connectivity index (χ4n) is 4.71. The smallest absolute Gasteiger partial charge is 0.220 e. The molecule has 2 N–H and O–H groups in total. The molecule has 0 bridgehead atoms. The van der Waals surface area contributed by atoms with Gasteiger partial charge in [0, 0.05) is 67.5 Å². The minimum absolute atomic E-state index is 0.00600. The zero-order valence-electron chi connectivity index (χ0n) is 19.9. The second-order valence-electron chi connectivity index (χ2n) is 9.08. The molecule has 1 saturated heterocycles. The van der Waals surface area contributed by atoms with Gasteiger partial charge in [0.05, 0.1) is 0 Å². The molecule has 0 aliphatic carbocycles. The van der Waals surface area contributed by atoms with Crippen molar-refractivity contribution in [3.8, 4) is 11.3 Å². The average molecular weight is 472 g/mol. The molecule has 5 rings (SSSR count). The van der Waals surface area contributed by atoms with E-state index in [9.17, 15) is 9.18 Å². The first-order valence-corrected chi connectivity index (χ1v) is 12.1. The second-order valence-corrected chi connectivity index (χ2v) is 9.08. The predicted molar refractivity (Wildman–Crippen MR) is 138 cm³/mol. The molecule has 7 heteroatoms. The number of para-hydroxylation sites is 1. The van der Waals surface area contributed by atoms with Crippen LogP contribution in [0.2, 0.25) is 0 Å². The van der Waals surface area contributed by atoms with Gasteiger partial charge in [-0.1, -0.05) is 24.3 Å². The van der Waals surface area contributed by atoms with Crippen LogP contribution in [-0.2, 0) is 17.8 Å². The second kappa shape index (κ2) is 10.3. The number of aromatic nitrogens is 2. The van der Waals surface area contributed by atoms with Crippen LogP contribution in [0.25, 0.3) is 22.2 Å². The number of likely N-dealkylation sites (N-methyl/N-ethyl adjacent to an activating group) is 1. The van der Waals surface area contributed by atoms with Crippen molar-refractivity contribution in [3.05, 3.63) is 83.8 Å². The van der Waals surface area contributed by atoms with Gasteiger partial charge in [-0.2, -0.15) is 0 Å². The number of carbonyl (C=O) groups excluding carboxylic acids is 1. The van der Waals surface area contributed by atoms with Crippen LogP contribution in [0.15, 0.2) is 66.9 Å². The Labute approximate surface area is 204 Å². The van der Waals surface area contributed by atoms with E-state index in [1.54, 1.807) is 12.1 Å². The third-order valence-electron chi connectivity index (χ3n) is 6.69. The van der Waals surface area contributed by atoms with Gasteiger partial charge in [0.1, 0.15) is 11.6 Å². The number of amides is 1. The highest BCUT2D eigenvalue weighted by molar-refractivity contribution is 5.91. The van der Waals surface area contributed by atoms with E-state index in [2.05, 4.69) is 38.2 Å². The number of fused-ring (bicyclic) bond motifs is 1. The van der Waals surface area contributed by atoms with Crippen LogP contribution >= 0.6 is 0 Å². The van der Waals surface area contributed by atoms with E-state index >= 15 is 0 Å². The van der Waals surface area contributed by atoms with Gasteiger partial charge in [0.25, 0.3) is 0 Å². The minimum Gasteiger partial charge on any atom is -0.354 e. The molecule has 6 nitrogen and oxygen atoms in total. The van der Waals surface area contributed by atoms with Crippen molar-refractivity contribution in [1.29, 1.82) is 0 Å². The van der Waals surface area contributed by atoms with Gasteiger partial charge in [0.2, 0.25) is 5.91 Å². The van der Waals surface area contributed by atoms with E-state index in [0.717, 1.165) is 65.3 Å². The Hall–Kier alpha value is -3.71. The van der Waals surface area contributed by atoms with E-state index < -0.39 is 0 Å². The number of nitrogens with zero attached hydrogens (tertiary/aromatic N) is 3. The highest BCUT2D eigenvalue weighted by atomic mass is 19.1. The number of halogens is 1. The molecule has 0 spiro atoms. The number of aryl methyl sites for hydroxylation is 1. The minimum atomic E-state index is -0.267. The molecule has 0 saturated carbocycles. The van der Waals surface area contributed by atoms with Crippen molar-refractivity contribution in [3.63, 3.8) is 0 Å². The number of hydrogen-bond acceptors (Lipinski definition) is 4. The van der Waals surface area contributed by atoms with Crippen LogP contribution in [0.3, 0.4) is 0 Å². The van der Waals surface area contributed by atoms with E-state index in [-0.39, 0.29) is 11.7 Å². The van der Waals surface area contributed by atoms with E-state index in [1.807, 2.05) is 36.5 Å². The molecule has 1 amide bonds. The van der Waals surface area contributed by atoms with E-state index in [1.165, 1.54) is 12.1 Å². The summed E-state index contributed by atoms with van der Waals surface area (Å²) < 4.78 is 13.5. The van der Waals surface area contributed by atoms with Crippen LogP contribution in [0.4, 0.5) is 10.2 Å². The summed E-state index contributed by atoms with van der Waals surface area (Å²) in [6, 6.07) is 18.5. The number of H-pyrrole nitrogens is 1. The SMILES string of the molecule is CN1CCN(c2ncccc2CNC(=O)CCc2c(-c3ccc(F)cc3)[nH]c3ccccc23)CC1. The Bertz CT molecular complexity index is 1310. The molecule has 1 aliphatic rings. The van der Waals surface area contributed by atoms with Gasteiger partial charge >= 0.3 is 0 Å². The fraction of sp³-hybridized carbons (Fsp3) is 0.286. The van der Waals surface area contributed by atoms with E-state index in [0.29, 0.717) is 19.4 Å². The number of aromatic amines is 1. The molecular weight excluding hydrogens is 441 g/mol. The molecule has 1 fully saturated rings. The van der Waals surface area contributed by atoms with Crippen molar-refractivity contribution < 1.29 is 9.18 Å². The summed E-state index contributed by atoms with van der Waals surface area (Å²) in [6.45, 7) is 4.32. The van der Waals surface area contributed by atoms with Crippen molar-refractivity contribution in [1.82, 2.24) is 20.2 Å². The lowest BCUT2D eigenvalue weighted by Crippen LogP contribution is -2.45. The molecular formula is C28H30FN5O. The number of rotatable bonds is 7. The zero-order chi connectivity index (χ0) is 24.2. The molecule has 0 unspecified atom stereocenters. The Morgan fingerprint density at radius 1 is 1.03 bits per heavy atom. The largest absolute Gasteiger partial charge is 0.354 e. The Kier molecular flexibility index (Phi) is 6.77. The molecule has 3 heterocycles. The number of hydrogen-bond donors (Lipinski definition) is 2. The summed E-state index contributed by atoms with van der Waals surface area (Å²) in [5.41, 5.74) is 4.95. The molecule has 2 aromatic heterocycles. The summed E-state index contributed by atoms with van der Waals surface area (Å²) in [6.07, 6.45) is 2.76. The molecule has 2 aromatic carbocycles. The maximum Gasteiger partial charge on any atom is 0.220 e. The molecule has 35 heavy (non-hydrogen) atoms. The number of benzene rings is 2. The van der Waals surface area contributed by atoms with Crippen molar-refractivity contribution in [2.75, 3.05) is 38.1 Å². The monoisotopic (exact) mass is 471 g/mol. The molecule has 1 aliphatic heterocycles. The quantitative estimate of drug-likeness (QED) is 0.420. The number of piperazine rings is 1. The van der Waals surface area contributed by atoms with Gasteiger partial charge < -0.3 is 20.1 Å². The summed E-state index contributed by atoms with van der Waals surface area (Å²) in [4.78, 5) is 25.5. The normalized spacial score (nSPS) is 14.4. The van der Waals surface area contributed by atoms with Gasteiger partial charge in [-0.25, -0.2) is 9.37 Å². The number of anilines is 1. The number of nitrogens with one attached hydrogen (secondary N) is 2. The zero-order valence-corrected chi connectivity index (χ0v) is 19.9.